The number of nitrogens with zero attached hydrogens (tertiary/aromatic N) is 2. The Kier molecular flexibility index (Phi) is 3.19. The van der Waals surface area contributed by atoms with Gasteiger partial charge in [-0.3, -0.25) is 4.79 Å². The molecule has 0 atom stereocenters. The highest BCUT2D eigenvalue weighted by Crippen LogP contribution is 2.23. The minimum absolute atomic E-state index is 0.187. The molecule has 1 aromatic carbocycles. The standard InChI is InChI=1S/C12H15BrN2O/c1-9-7-10(3-4-11(9)13)15-6-5-14(2)12(16)8-15/h3-4,7H,5-6,8H2,1-2H3. The molecule has 3 nitrogen and oxygen atoms in total. The van der Waals surface area contributed by atoms with Gasteiger partial charge in [0.05, 0.1) is 6.54 Å². The summed E-state index contributed by atoms with van der Waals surface area (Å²) in [4.78, 5) is 15.5. The summed E-state index contributed by atoms with van der Waals surface area (Å²) >= 11 is 3.48. The van der Waals surface area contributed by atoms with E-state index in [9.17, 15) is 4.79 Å². The maximum atomic E-state index is 11.6. The first-order chi connectivity index (χ1) is 7.58. The number of halogens is 1. The summed E-state index contributed by atoms with van der Waals surface area (Å²) in [5.41, 5.74) is 2.33. The average Bonchev–Trinajstić information content (AvgIpc) is 2.26. The normalized spacial score (nSPS) is 16.8. The second-order valence-corrected chi connectivity index (χ2v) is 5.02. The number of amides is 1. The fourth-order valence-electron chi connectivity index (χ4n) is 1.80. The van der Waals surface area contributed by atoms with Gasteiger partial charge in [0.25, 0.3) is 0 Å². The Hall–Kier alpha value is -1.03. The van der Waals surface area contributed by atoms with Crippen LogP contribution >= 0.6 is 15.9 Å². The number of carbonyl (C=O) groups is 1. The van der Waals surface area contributed by atoms with E-state index in [-0.39, 0.29) is 5.91 Å². The van der Waals surface area contributed by atoms with Gasteiger partial charge in [-0.15, -0.1) is 0 Å². The van der Waals surface area contributed by atoms with E-state index in [1.807, 2.05) is 13.1 Å². The first kappa shape index (κ1) is 11.5. The van der Waals surface area contributed by atoms with Crippen molar-refractivity contribution in [1.82, 2.24) is 4.90 Å². The molecule has 1 saturated heterocycles. The van der Waals surface area contributed by atoms with Gasteiger partial charge in [-0.25, -0.2) is 0 Å². The highest BCUT2D eigenvalue weighted by atomic mass is 79.9. The third kappa shape index (κ3) is 2.21. The first-order valence-electron chi connectivity index (χ1n) is 5.33. The van der Waals surface area contributed by atoms with Crippen molar-refractivity contribution in [3.05, 3.63) is 28.2 Å². The van der Waals surface area contributed by atoms with Gasteiger partial charge in [0.2, 0.25) is 5.91 Å². The second kappa shape index (κ2) is 4.45. The van der Waals surface area contributed by atoms with Gasteiger partial charge in [0.15, 0.2) is 0 Å². The number of hydrogen-bond acceptors (Lipinski definition) is 2. The van der Waals surface area contributed by atoms with Crippen LogP contribution in [-0.2, 0) is 4.79 Å². The van der Waals surface area contributed by atoms with E-state index in [1.54, 1.807) is 4.90 Å². The van der Waals surface area contributed by atoms with Crippen LogP contribution in [0.1, 0.15) is 5.56 Å². The van der Waals surface area contributed by atoms with Crippen LogP contribution in [0.3, 0.4) is 0 Å². The van der Waals surface area contributed by atoms with Crippen LogP contribution in [0.25, 0.3) is 0 Å². The predicted molar refractivity (Wildman–Crippen MR) is 68.7 cm³/mol. The van der Waals surface area contributed by atoms with Crippen LogP contribution in [0, 0.1) is 6.92 Å². The minimum atomic E-state index is 0.187. The zero-order chi connectivity index (χ0) is 11.7. The lowest BCUT2D eigenvalue weighted by atomic mass is 10.2. The molecule has 2 rings (SSSR count). The molecule has 0 radical (unpaired) electrons. The molecule has 0 aromatic heterocycles. The highest BCUT2D eigenvalue weighted by molar-refractivity contribution is 9.10. The monoisotopic (exact) mass is 282 g/mol. The molecule has 1 aromatic rings. The Morgan fingerprint density at radius 2 is 2.06 bits per heavy atom. The smallest absolute Gasteiger partial charge is 0.241 e. The molecular formula is C12H15BrN2O. The Labute approximate surface area is 104 Å². The molecule has 1 aliphatic rings. The summed E-state index contributed by atoms with van der Waals surface area (Å²) in [6, 6.07) is 6.20. The number of hydrogen-bond donors (Lipinski definition) is 0. The molecule has 1 aliphatic heterocycles. The van der Waals surface area contributed by atoms with E-state index < -0.39 is 0 Å². The topological polar surface area (TPSA) is 23.6 Å². The fraction of sp³-hybridized carbons (Fsp3) is 0.417. The van der Waals surface area contributed by atoms with Gasteiger partial charge < -0.3 is 9.80 Å². The first-order valence-corrected chi connectivity index (χ1v) is 6.12. The van der Waals surface area contributed by atoms with E-state index >= 15 is 0 Å². The lowest BCUT2D eigenvalue weighted by Crippen LogP contribution is -2.48. The van der Waals surface area contributed by atoms with Crippen molar-refractivity contribution < 1.29 is 4.79 Å². The molecule has 0 saturated carbocycles. The van der Waals surface area contributed by atoms with Crippen LogP contribution in [0.5, 0.6) is 0 Å². The summed E-state index contributed by atoms with van der Waals surface area (Å²) in [7, 11) is 1.85. The molecule has 4 heteroatoms. The molecular weight excluding hydrogens is 268 g/mol. The largest absolute Gasteiger partial charge is 0.360 e. The molecule has 1 fully saturated rings. The average molecular weight is 283 g/mol. The fourth-order valence-corrected chi connectivity index (χ4v) is 2.05. The van der Waals surface area contributed by atoms with E-state index in [2.05, 4.69) is 39.9 Å². The molecule has 0 aliphatic carbocycles. The minimum Gasteiger partial charge on any atom is -0.360 e. The number of piperazine rings is 1. The molecule has 0 unspecified atom stereocenters. The Morgan fingerprint density at radius 1 is 1.31 bits per heavy atom. The number of anilines is 1. The molecule has 0 spiro atoms. The van der Waals surface area contributed by atoms with Crippen LogP contribution in [0.2, 0.25) is 0 Å². The summed E-state index contributed by atoms with van der Waals surface area (Å²) in [6.07, 6.45) is 0. The van der Waals surface area contributed by atoms with Gasteiger partial charge in [-0.1, -0.05) is 15.9 Å². The lowest BCUT2D eigenvalue weighted by molar-refractivity contribution is -0.129. The van der Waals surface area contributed by atoms with Crippen molar-refractivity contribution in [1.29, 1.82) is 0 Å². The molecule has 86 valence electrons. The molecule has 1 heterocycles. The van der Waals surface area contributed by atoms with Crippen molar-refractivity contribution in [3.63, 3.8) is 0 Å². The SMILES string of the molecule is Cc1cc(N2CCN(C)C(=O)C2)ccc1Br. The predicted octanol–water partition coefficient (Wildman–Crippen LogP) is 2.04. The summed E-state index contributed by atoms with van der Waals surface area (Å²) in [6.45, 7) is 4.25. The van der Waals surface area contributed by atoms with Crippen LogP contribution in [-0.4, -0.2) is 37.5 Å². The molecule has 16 heavy (non-hydrogen) atoms. The number of likely N-dealkylation sites (N-methyl/N-ethyl adjacent to an activating group) is 1. The summed E-state index contributed by atoms with van der Waals surface area (Å²) in [5, 5.41) is 0. The third-order valence-electron chi connectivity index (χ3n) is 2.96. The van der Waals surface area contributed by atoms with E-state index in [0.717, 1.165) is 23.2 Å². The maximum absolute atomic E-state index is 11.6. The number of rotatable bonds is 1. The van der Waals surface area contributed by atoms with Crippen molar-refractivity contribution in [2.24, 2.45) is 0 Å². The van der Waals surface area contributed by atoms with Crippen LogP contribution in [0.15, 0.2) is 22.7 Å². The second-order valence-electron chi connectivity index (χ2n) is 4.17. The lowest BCUT2D eigenvalue weighted by Gasteiger charge is -2.33. The molecule has 0 N–H and O–H groups in total. The maximum Gasteiger partial charge on any atom is 0.241 e. The van der Waals surface area contributed by atoms with Crippen LogP contribution < -0.4 is 4.90 Å². The van der Waals surface area contributed by atoms with E-state index in [4.69, 9.17) is 0 Å². The van der Waals surface area contributed by atoms with Gasteiger partial charge in [0.1, 0.15) is 0 Å². The quantitative estimate of drug-likeness (QED) is 0.787. The van der Waals surface area contributed by atoms with E-state index in [0.29, 0.717) is 6.54 Å². The highest BCUT2D eigenvalue weighted by Gasteiger charge is 2.21. The zero-order valence-electron chi connectivity index (χ0n) is 9.53. The van der Waals surface area contributed by atoms with Crippen molar-refractivity contribution in [3.8, 4) is 0 Å². The third-order valence-corrected chi connectivity index (χ3v) is 3.85. The molecule has 0 bridgehead atoms. The number of carbonyl (C=O) groups excluding carboxylic acids is 1. The summed E-state index contributed by atoms with van der Waals surface area (Å²) < 4.78 is 1.11. The van der Waals surface area contributed by atoms with Gasteiger partial charge in [0, 0.05) is 30.3 Å². The van der Waals surface area contributed by atoms with Gasteiger partial charge >= 0.3 is 0 Å². The van der Waals surface area contributed by atoms with Gasteiger partial charge in [-0.05, 0) is 30.7 Å². The zero-order valence-corrected chi connectivity index (χ0v) is 11.1. The van der Waals surface area contributed by atoms with Gasteiger partial charge in [-0.2, -0.15) is 0 Å². The van der Waals surface area contributed by atoms with Crippen molar-refractivity contribution in [2.75, 3.05) is 31.6 Å². The van der Waals surface area contributed by atoms with Crippen molar-refractivity contribution in [2.45, 2.75) is 6.92 Å². The summed E-state index contributed by atoms with van der Waals surface area (Å²) in [5.74, 6) is 0.187. The molecule has 1 amide bonds. The number of benzene rings is 1. The Balaban J connectivity index is 2.18. The number of aryl methyl sites for hydroxylation is 1. The Morgan fingerprint density at radius 3 is 2.69 bits per heavy atom. The van der Waals surface area contributed by atoms with Crippen LogP contribution in [0.4, 0.5) is 5.69 Å². The van der Waals surface area contributed by atoms with E-state index in [1.165, 1.54) is 5.56 Å². The Bertz CT molecular complexity index is 419. The van der Waals surface area contributed by atoms with Crippen molar-refractivity contribution >= 4 is 27.5 Å².